The summed E-state index contributed by atoms with van der Waals surface area (Å²) in [6, 6.07) is 13.7. The quantitative estimate of drug-likeness (QED) is 0.374. The number of amides is 1. The molecule has 0 radical (unpaired) electrons. The fourth-order valence-corrected chi connectivity index (χ4v) is 4.18. The van der Waals surface area contributed by atoms with Crippen LogP contribution in [0.1, 0.15) is 16.1 Å². The molecule has 0 unspecified atom stereocenters. The van der Waals surface area contributed by atoms with Gasteiger partial charge in [0.2, 0.25) is 5.13 Å². The number of hydrogen-bond acceptors (Lipinski definition) is 8. The first-order valence-electron chi connectivity index (χ1n) is 8.51. The van der Waals surface area contributed by atoms with Gasteiger partial charge < -0.3 is 4.74 Å². The highest BCUT2D eigenvalue weighted by atomic mass is 32.2. The molecule has 0 bridgehead atoms. The molecule has 3 aromatic heterocycles. The van der Waals surface area contributed by atoms with Crippen LogP contribution in [0.3, 0.4) is 0 Å². The van der Waals surface area contributed by atoms with Gasteiger partial charge in [0, 0.05) is 23.6 Å². The lowest BCUT2D eigenvalue weighted by Gasteiger charge is -2.03. The normalized spacial score (nSPS) is 10.8. The molecule has 0 saturated heterocycles. The van der Waals surface area contributed by atoms with Gasteiger partial charge in [0.15, 0.2) is 4.34 Å². The zero-order valence-electron chi connectivity index (χ0n) is 15.2. The Balaban J connectivity index is 1.40. The molecule has 0 saturated carbocycles. The third-order valence-corrected chi connectivity index (χ3v) is 5.95. The van der Waals surface area contributed by atoms with Crippen molar-refractivity contribution in [2.24, 2.45) is 0 Å². The number of pyridine rings is 1. The third-order valence-electron chi connectivity index (χ3n) is 3.95. The summed E-state index contributed by atoms with van der Waals surface area (Å²) in [6.07, 6.45) is 1.68. The molecule has 10 heteroatoms. The van der Waals surface area contributed by atoms with Crippen molar-refractivity contribution in [1.29, 1.82) is 0 Å². The zero-order valence-corrected chi connectivity index (χ0v) is 16.9. The minimum absolute atomic E-state index is 0.129. The van der Waals surface area contributed by atoms with E-state index in [9.17, 15) is 9.59 Å². The highest BCUT2D eigenvalue weighted by Crippen LogP contribution is 2.28. The summed E-state index contributed by atoms with van der Waals surface area (Å²) < 4.78 is 7.25. The molecule has 0 spiro atoms. The fraction of sp³-hybridized carbons (Fsp3) is 0.105. The maximum Gasteiger partial charge on any atom is 0.258 e. The fourth-order valence-electron chi connectivity index (χ4n) is 2.54. The maximum atomic E-state index is 12.3. The number of carbonyl (C=O) groups is 1. The maximum absolute atomic E-state index is 12.3. The molecular formula is C19H15N5O3S2. The molecule has 1 aromatic carbocycles. The van der Waals surface area contributed by atoms with Crippen LogP contribution >= 0.6 is 23.1 Å². The molecule has 4 rings (SSSR count). The molecule has 29 heavy (non-hydrogen) atoms. The molecule has 0 aliphatic carbocycles. The minimum Gasteiger partial charge on any atom is -0.497 e. The van der Waals surface area contributed by atoms with Gasteiger partial charge in [0.25, 0.3) is 11.5 Å². The van der Waals surface area contributed by atoms with E-state index in [-0.39, 0.29) is 11.5 Å². The van der Waals surface area contributed by atoms with Crippen LogP contribution in [0.5, 0.6) is 5.75 Å². The molecular weight excluding hydrogens is 410 g/mol. The van der Waals surface area contributed by atoms with Gasteiger partial charge in [0.1, 0.15) is 11.4 Å². The van der Waals surface area contributed by atoms with Gasteiger partial charge in [-0.05, 0) is 36.4 Å². The van der Waals surface area contributed by atoms with Crippen LogP contribution in [-0.2, 0) is 5.75 Å². The van der Waals surface area contributed by atoms with E-state index in [1.807, 2.05) is 6.07 Å². The molecule has 1 amide bonds. The molecule has 0 aliphatic rings. The Hall–Kier alpha value is -3.24. The number of anilines is 1. The lowest BCUT2D eigenvalue weighted by atomic mass is 10.2. The van der Waals surface area contributed by atoms with Crippen molar-refractivity contribution in [3.05, 3.63) is 76.3 Å². The van der Waals surface area contributed by atoms with Gasteiger partial charge in [-0.2, -0.15) is 0 Å². The first-order chi connectivity index (χ1) is 14.1. The number of methoxy groups -OCH3 is 1. The first-order valence-corrected chi connectivity index (χ1v) is 10.3. The smallest absolute Gasteiger partial charge is 0.258 e. The van der Waals surface area contributed by atoms with Crippen LogP contribution < -0.4 is 15.6 Å². The summed E-state index contributed by atoms with van der Waals surface area (Å²) in [7, 11) is 1.57. The number of ether oxygens (including phenoxy) is 1. The van der Waals surface area contributed by atoms with E-state index in [2.05, 4.69) is 20.5 Å². The Morgan fingerprint density at radius 2 is 2.03 bits per heavy atom. The van der Waals surface area contributed by atoms with Crippen molar-refractivity contribution < 1.29 is 9.53 Å². The van der Waals surface area contributed by atoms with E-state index >= 15 is 0 Å². The Kier molecular flexibility index (Phi) is 5.54. The molecule has 0 fully saturated rings. The molecule has 146 valence electrons. The summed E-state index contributed by atoms with van der Waals surface area (Å²) in [4.78, 5) is 28.9. The molecule has 1 N–H and O–H groups in total. The average Bonchev–Trinajstić information content (AvgIpc) is 3.19. The number of aromatic nitrogens is 4. The van der Waals surface area contributed by atoms with Gasteiger partial charge in [-0.1, -0.05) is 29.2 Å². The van der Waals surface area contributed by atoms with E-state index in [4.69, 9.17) is 4.74 Å². The van der Waals surface area contributed by atoms with Crippen LogP contribution in [0.2, 0.25) is 0 Å². The summed E-state index contributed by atoms with van der Waals surface area (Å²) in [5.41, 5.74) is 1.62. The Morgan fingerprint density at radius 1 is 1.21 bits per heavy atom. The van der Waals surface area contributed by atoms with Crippen molar-refractivity contribution in [2.75, 3.05) is 12.4 Å². The standard InChI is InChI=1S/C19H15N5O3S2/c1-27-14-7-5-12(6-8-14)17(26)21-18-22-23-19(29-18)28-11-13-10-16(25)24-9-3-2-4-15(24)20-13/h2-10H,11H2,1H3,(H,21,22,26). The summed E-state index contributed by atoms with van der Waals surface area (Å²) in [5, 5.41) is 11.2. The first kappa shape index (κ1) is 19.1. The molecule has 0 atom stereocenters. The van der Waals surface area contributed by atoms with Crippen LogP contribution in [0.15, 0.2) is 63.9 Å². The lowest BCUT2D eigenvalue weighted by molar-refractivity contribution is 0.102. The SMILES string of the molecule is COc1ccc(C(=O)Nc2nnc(SCc3cc(=O)n4ccccc4n3)s2)cc1. The van der Waals surface area contributed by atoms with Crippen molar-refractivity contribution in [2.45, 2.75) is 10.1 Å². The number of benzene rings is 1. The van der Waals surface area contributed by atoms with Gasteiger partial charge in [-0.25, -0.2) is 4.98 Å². The number of nitrogens with zero attached hydrogens (tertiary/aromatic N) is 4. The van der Waals surface area contributed by atoms with Crippen LogP contribution in [0.25, 0.3) is 5.65 Å². The zero-order chi connectivity index (χ0) is 20.2. The molecule has 0 aliphatic heterocycles. The Labute approximate surface area is 173 Å². The molecule has 8 nitrogen and oxygen atoms in total. The Bertz CT molecular complexity index is 1220. The summed E-state index contributed by atoms with van der Waals surface area (Å²) in [5.74, 6) is 0.879. The van der Waals surface area contributed by atoms with Crippen molar-refractivity contribution in [3.8, 4) is 5.75 Å². The number of rotatable bonds is 6. The molecule has 4 aromatic rings. The van der Waals surface area contributed by atoms with Crippen molar-refractivity contribution in [1.82, 2.24) is 19.6 Å². The lowest BCUT2D eigenvalue weighted by Crippen LogP contribution is -2.14. The van der Waals surface area contributed by atoms with E-state index in [1.54, 1.807) is 49.7 Å². The summed E-state index contributed by atoms with van der Waals surface area (Å²) >= 11 is 2.67. The second-order valence-corrected chi connectivity index (χ2v) is 8.06. The monoisotopic (exact) mass is 425 g/mol. The largest absolute Gasteiger partial charge is 0.497 e. The van der Waals surface area contributed by atoms with Crippen molar-refractivity contribution >= 4 is 39.8 Å². The van der Waals surface area contributed by atoms with Gasteiger partial charge in [0.05, 0.1) is 12.8 Å². The highest BCUT2D eigenvalue weighted by molar-refractivity contribution is 8.00. The van der Waals surface area contributed by atoms with E-state index in [0.717, 1.165) is 0 Å². The average molecular weight is 425 g/mol. The predicted octanol–water partition coefficient (Wildman–Crippen LogP) is 3.10. The van der Waals surface area contributed by atoms with Gasteiger partial charge in [-0.3, -0.25) is 19.3 Å². The van der Waals surface area contributed by atoms with Crippen molar-refractivity contribution in [3.63, 3.8) is 0 Å². The van der Waals surface area contributed by atoms with Gasteiger partial charge in [-0.15, -0.1) is 10.2 Å². The number of hydrogen-bond donors (Lipinski definition) is 1. The van der Waals surface area contributed by atoms with Crippen LogP contribution in [0, 0.1) is 0 Å². The van der Waals surface area contributed by atoms with E-state index < -0.39 is 0 Å². The van der Waals surface area contributed by atoms with E-state index in [0.29, 0.717) is 37.9 Å². The number of carbonyl (C=O) groups excluding carboxylic acids is 1. The van der Waals surface area contributed by atoms with E-state index in [1.165, 1.54) is 33.6 Å². The minimum atomic E-state index is -0.274. The second-order valence-electron chi connectivity index (χ2n) is 5.86. The van der Waals surface area contributed by atoms with Crippen LogP contribution in [0.4, 0.5) is 5.13 Å². The molecule has 3 heterocycles. The van der Waals surface area contributed by atoms with Gasteiger partial charge >= 0.3 is 0 Å². The topological polar surface area (TPSA) is 98.5 Å². The number of thioether (sulfide) groups is 1. The van der Waals surface area contributed by atoms with Crippen LogP contribution in [-0.4, -0.2) is 32.6 Å². The number of fused-ring (bicyclic) bond motifs is 1. The third kappa shape index (κ3) is 4.44. The second kappa shape index (κ2) is 8.41. The number of nitrogens with one attached hydrogen (secondary N) is 1. The summed E-state index contributed by atoms with van der Waals surface area (Å²) in [6.45, 7) is 0. The highest BCUT2D eigenvalue weighted by Gasteiger charge is 2.11. The predicted molar refractivity (Wildman–Crippen MR) is 112 cm³/mol. The Morgan fingerprint density at radius 3 is 2.83 bits per heavy atom.